The quantitative estimate of drug-likeness (QED) is 0.847. The maximum absolute atomic E-state index is 13.5. The summed E-state index contributed by atoms with van der Waals surface area (Å²) in [7, 11) is -4.15. The van der Waals surface area contributed by atoms with E-state index in [2.05, 4.69) is 0 Å². The highest BCUT2D eigenvalue weighted by molar-refractivity contribution is 7.89. The van der Waals surface area contributed by atoms with E-state index in [4.69, 9.17) is 21.5 Å². The average molecular weight is 310 g/mol. The van der Waals surface area contributed by atoms with Crippen LogP contribution in [0.25, 0.3) is 0 Å². The van der Waals surface area contributed by atoms with E-state index in [-0.39, 0.29) is 5.56 Å². The lowest BCUT2D eigenvalue weighted by Gasteiger charge is -2.20. The van der Waals surface area contributed by atoms with E-state index < -0.39 is 37.3 Å². The molecule has 106 valence electrons. The van der Waals surface area contributed by atoms with Crippen LogP contribution in [0.2, 0.25) is 5.02 Å². The minimum atomic E-state index is -4.15. The second-order valence-electron chi connectivity index (χ2n) is 4.81. The number of carbonyl (C=O) groups is 1. The molecule has 0 heterocycles. The third kappa shape index (κ3) is 4.15. The van der Waals surface area contributed by atoms with Gasteiger partial charge in [0.25, 0.3) is 0 Å². The molecule has 0 bridgehead atoms. The van der Waals surface area contributed by atoms with Crippen molar-refractivity contribution in [3.8, 4) is 0 Å². The molecular weight excluding hydrogens is 297 g/mol. The zero-order valence-corrected chi connectivity index (χ0v) is 12.1. The lowest BCUT2D eigenvalue weighted by molar-refractivity contribution is 0.00689. The first-order chi connectivity index (χ1) is 8.42. The van der Waals surface area contributed by atoms with E-state index >= 15 is 0 Å². The molecule has 2 N–H and O–H groups in total. The number of hydrogen-bond donors (Lipinski definition) is 1. The van der Waals surface area contributed by atoms with Crippen LogP contribution in [0.3, 0.4) is 0 Å². The third-order valence-electron chi connectivity index (χ3n) is 1.95. The number of rotatable bonds is 2. The topological polar surface area (TPSA) is 86.5 Å². The summed E-state index contributed by atoms with van der Waals surface area (Å²) in [6.45, 7) is 4.83. The Labute approximate surface area is 115 Å². The Bertz CT molecular complexity index is 622. The minimum Gasteiger partial charge on any atom is -0.456 e. The van der Waals surface area contributed by atoms with Gasteiger partial charge in [0.1, 0.15) is 11.4 Å². The molecule has 1 rings (SSSR count). The standard InChI is InChI=1S/C11H13ClFNO4S/c1-11(2,3)18-10(15)7-4-6(19(14,16)17)5-8(13)9(7)12/h4-5H,1-3H3,(H2,14,16,17). The summed E-state index contributed by atoms with van der Waals surface area (Å²) >= 11 is 5.63. The number of carbonyl (C=O) groups excluding carboxylic acids is 1. The van der Waals surface area contributed by atoms with Crippen molar-refractivity contribution in [2.45, 2.75) is 31.3 Å². The molecule has 0 saturated carbocycles. The summed E-state index contributed by atoms with van der Waals surface area (Å²) in [4.78, 5) is 11.3. The molecular formula is C11H13ClFNO4S. The van der Waals surface area contributed by atoms with Gasteiger partial charge < -0.3 is 4.74 Å². The number of primary sulfonamides is 1. The number of halogens is 2. The SMILES string of the molecule is CC(C)(C)OC(=O)c1cc(S(N)(=O)=O)cc(F)c1Cl. The van der Waals surface area contributed by atoms with Gasteiger partial charge in [0, 0.05) is 0 Å². The third-order valence-corrected chi connectivity index (χ3v) is 3.23. The molecule has 0 aliphatic heterocycles. The largest absolute Gasteiger partial charge is 0.456 e. The number of ether oxygens (including phenoxy) is 1. The van der Waals surface area contributed by atoms with Gasteiger partial charge in [0.2, 0.25) is 10.0 Å². The van der Waals surface area contributed by atoms with Gasteiger partial charge in [-0.1, -0.05) is 11.6 Å². The maximum atomic E-state index is 13.5. The summed E-state index contributed by atoms with van der Waals surface area (Å²) in [5.74, 6) is -1.99. The molecule has 0 spiro atoms. The molecule has 8 heteroatoms. The van der Waals surface area contributed by atoms with E-state index in [1.807, 2.05) is 0 Å². The van der Waals surface area contributed by atoms with Crippen molar-refractivity contribution >= 4 is 27.6 Å². The Morgan fingerprint density at radius 3 is 2.32 bits per heavy atom. The predicted molar refractivity (Wildman–Crippen MR) is 68.0 cm³/mol. The van der Waals surface area contributed by atoms with Gasteiger partial charge in [-0.2, -0.15) is 0 Å². The minimum absolute atomic E-state index is 0.388. The fourth-order valence-electron chi connectivity index (χ4n) is 1.21. The van der Waals surface area contributed by atoms with Crippen LogP contribution in [0.4, 0.5) is 4.39 Å². The zero-order valence-electron chi connectivity index (χ0n) is 10.5. The van der Waals surface area contributed by atoms with Crippen molar-refractivity contribution in [3.63, 3.8) is 0 Å². The molecule has 0 amide bonds. The molecule has 0 radical (unpaired) electrons. The highest BCUT2D eigenvalue weighted by Crippen LogP contribution is 2.26. The predicted octanol–water partition coefficient (Wildman–Crippen LogP) is 2.08. The van der Waals surface area contributed by atoms with Crippen molar-refractivity contribution < 1.29 is 22.3 Å². The zero-order chi connectivity index (χ0) is 15.0. The van der Waals surface area contributed by atoms with Crippen molar-refractivity contribution in [3.05, 3.63) is 28.5 Å². The number of nitrogens with two attached hydrogens (primary N) is 1. The van der Waals surface area contributed by atoms with Gasteiger partial charge in [-0.15, -0.1) is 0 Å². The lowest BCUT2D eigenvalue weighted by atomic mass is 10.1. The van der Waals surface area contributed by atoms with Gasteiger partial charge in [-0.25, -0.2) is 22.7 Å². The van der Waals surface area contributed by atoms with E-state index in [1.54, 1.807) is 20.8 Å². The Balaban J connectivity index is 3.36. The summed E-state index contributed by atoms with van der Waals surface area (Å²) in [6, 6.07) is 1.53. The Hall–Kier alpha value is -1.18. The first kappa shape index (κ1) is 15.9. The molecule has 0 saturated heterocycles. The van der Waals surface area contributed by atoms with Crippen molar-refractivity contribution in [2.75, 3.05) is 0 Å². The first-order valence-corrected chi connectivity index (χ1v) is 7.09. The summed E-state index contributed by atoms with van der Waals surface area (Å²) < 4.78 is 40.8. The smallest absolute Gasteiger partial charge is 0.340 e. The van der Waals surface area contributed by atoms with Crippen LogP contribution in [0.5, 0.6) is 0 Å². The number of hydrogen-bond acceptors (Lipinski definition) is 4. The van der Waals surface area contributed by atoms with E-state index in [0.717, 1.165) is 6.07 Å². The summed E-state index contributed by atoms with van der Waals surface area (Å²) in [5.41, 5.74) is -1.21. The van der Waals surface area contributed by atoms with Gasteiger partial charge in [0.15, 0.2) is 0 Å². The monoisotopic (exact) mass is 309 g/mol. The fourth-order valence-corrected chi connectivity index (χ4v) is 1.95. The summed E-state index contributed by atoms with van der Waals surface area (Å²) in [5, 5.41) is 4.37. The first-order valence-electron chi connectivity index (χ1n) is 5.17. The van der Waals surface area contributed by atoms with Gasteiger partial charge in [0.05, 0.1) is 15.5 Å². The molecule has 0 atom stereocenters. The second kappa shape index (κ2) is 5.07. The average Bonchev–Trinajstić information content (AvgIpc) is 2.17. The van der Waals surface area contributed by atoms with Crippen LogP contribution in [0.15, 0.2) is 17.0 Å². The molecule has 0 unspecified atom stereocenters. The van der Waals surface area contributed by atoms with Crippen LogP contribution in [0.1, 0.15) is 31.1 Å². The molecule has 5 nitrogen and oxygen atoms in total. The van der Waals surface area contributed by atoms with Gasteiger partial charge in [-0.05, 0) is 32.9 Å². The van der Waals surface area contributed by atoms with E-state index in [1.165, 1.54) is 0 Å². The molecule has 1 aromatic carbocycles. The Morgan fingerprint density at radius 1 is 1.37 bits per heavy atom. The molecule has 0 fully saturated rings. The Morgan fingerprint density at radius 2 is 1.89 bits per heavy atom. The van der Waals surface area contributed by atoms with Crippen molar-refractivity contribution in [1.29, 1.82) is 0 Å². The molecule has 0 aliphatic rings. The maximum Gasteiger partial charge on any atom is 0.340 e. The van der Waals surface area contributed by atoms with Crippen molar-refractivity contribution in [1.82, 2.24) is 0 Å². The van der Waals surface area contributed by atoms with Crippen LogP contribution < -0.4 is 5.14 Å². The fraction of sp³-hybridized carbons (Fsp3) is 0.364. The number of sulfonamides is 1. The Kier molecular flexibility index (Phi) is 4.23. The van der Waals surface area contributed by atoms with Crippen LogP contribution in [-0.4, -0.2) is 20.0 Å². The summed E-state index contributed by atoms with van der Waals surface area (Å²) in [6.07, 6.45) is 0. The van der Waals surface area contributed by atoms with Gasteiger partial charge in [-0.3, -0.25) is 0 Å². The van der Waals surface area contributed by atoms with E-state index in [0.29, 0.717) is 6.07 Å². The molecule has 19 heavy (non-hydrogen) atoms. The van der Waals surface area contributed by atoms with Crippen molar-refractivity contribution in [2.24, 2.45) is 5.14 Å². The van der Waals surface area contributed by atoms with Crippen LogP contribution >= 0.6 is 11.6 Å². The highest BCUT2D eigenvalue weighted by Gasteiger charge is 2.24. The lowest BCUT2D eigenvalue weighted by Crippen LogP contribution is -2.24. The molecule has 0 aromatic heterocycles. The van der Waals surface area contributed by atoms with E-state index in [9.17, 15) is 17.6 Å². The van der Waals surface area contributed by atoms with Gasteiger partial charge >= 0.3 is 5.97 Å². The molecule has 1 aromatic rings. The van der Waals surface area contributed by atoms with Crippen LogP contribution in [0, 0.1) is 5.82 Å². The van der Waals surface area contributed by atoms with Crippen LogP contribution in [-0.2, 0) is 14.8 Å². The molecule has 0 aliphatic carbocycles. The highest BCUT2D eigenvalue weighted by atomic mass is 35.5. The normalized spacial score (nSPS) is 12.3. The number of benzene rings is 1. The number of esters is 1. The second-order valence-corrected chi connectivity index (χ2v) is 6.75.